The molecule has 1 N–H and O–H groups in total. The number of hydrogen-bond acceptors (Lipinski definition) is 2. The quantitative estimate of drug-likeness (QED) is 0.575. The Labute approximate surface area is 91.6 Å². The summed E-state index contributed by atoms with van der Waals surface area (Å²) in [5, 5.41) is 3.56. The van der Waals surface area contributed by atoms with E-state index in [1.807, 2.05) is 24.3 Å². The molecule has 0 spiro atoms. The zero-order chi connectivity index (χ0) is 9.68. The summed E-state index contributed by atoms with van der Waals surface area (Å²) in [6.45, 7) is 0. The zero-order valence-corrected chi connectivity index (χ0v) is 9.21. The van der Waals surface area contributed by atoms with Gasteiger partial charge in [0.05, 0.1) is 5.69 Å². The number of para-hydroxylation sites is 1. The van der Waals surface area contributed by atoms with Crippen molar-refractivity contribution in [2.75, 3.05) is 5.32 Å². The summed E-state index contributed by atoms with van der Waals surface area (Å²) in [5.74, 6) is 0.0245. The van der Waals surface area contributed by atoms with E-state index in [-0.39, 0.29) is 5.91 Å². The van der Waals surface area contributed by atoms with Crippen LogP contribution in [0.3, 0.4) is 0 Å². The van der Waals surface area contributed by atoms with Crippen LogP contribution in [0.25, 0.3) is 0 Å². The van der Waals surface area contributed by atoms with Crippen molar-refractivity contribution in [2.24, 2.45) is 0 Å². The minimum atomic E-state index is 0.0245. The van der Waals surface area contributed by atoms with E-state index in [0.717, 1.165) is 15.9 Å². The third-order valence-corrected chi connectivity index (χ3v) is 2.23. The molecule has 0 aliphatic carbocycles. The summed E-state index contributed by atoms with van der Waals surface area (Å²) >= 11 is 6.74. The number of carbonyl (C=O) groups is 1. The predicted octanol–water partition coefficient (Wildman–Crippen LogP) is 1.89. The van der Waals surface area contributed by atoms with Gasteiger partial charge in [-0.25, -0.2) is 0 Å². The Balaban J connectivity index is 2.63. The molecule has 13 heavy (non-hydrogen) atoms. The lowest BCUT2D eigenvalue weighted by Crippen LogP contribution is -2.11. The molecule has 1 amide bonds. The molecule has 4 heteroatoms. The van der Waals surface area contributed by atoms with E-state index in [9.17, 15) is 4.79 Å². The fourth-order valence-corrected chi connectivity index (χ4v) is 1.40. The van der Waals surface area contributed by atoms with Crippen molar-refractivity contribution in [2.45, 2.75) is 16.6 Å². The van der Waals surface area contributed by atoms with Crippen LogP contribution in [0.4, 0.5) is 5.69 Å². The van der Waals surface area contributed by atoms with Crippen LogP contribution in [0.2, 0.25) is 5.28 Å². The molecule has 0 fully saturated rings. The van der Waals surface area contributed by atoms with Gasteiger partial charge in [0, 0.05) is 11.3 Å². The van der Waals surface area contributed by atoms with Crippen molar-refractivity contribution in [3.05, 3.63) is 24.3 Å². The van der Waals surface area contributed by atoms with E-state index in [2.05, 4.69) is 34.2 Å². The monoisotopic (exact) mass is 207 g/mol. The normalized spacial score (nSPS) is 9.62. The highest BCUT2D eigenvalue weighted by Crippen LogP contribution is 2.18. The van der Waals surface area contributed by atoms with Gasteiger partial charge in [0.2, 0.25) is 5.91 Å². The van der Waals surface area contributed by atoms with Crippen molar-refractivity contribution in [3.63, 3.8) is 0 Å². The molecule has 0 aliphatic rings. The Bertz CT molecular complexity index is 303. The van der Waals surface area contributed by atoms with E-state index in [0.29, 0.717) is 6.42 Å². The smallest absolute Gasteiger partial charge is 0.223 e. The van der Waals surface area contributed by atoms with Gasteiger partial charge in [-0.2, -0.15) is 0 Å². The second kappa shape index (κ2) is 5.33. The maximum atomic E-state index is 11.2. The molecule has 1 aromatic rings. The van der Waals surface area contributed by atoms with E-state index in [1.165, 1.54) is 0 Å². The first kappa shape index (κ1) is 10.7. The lowest BCUT2D eigenvalue weighted by atomic mass is 10.3. The van der Waals surface area contributed by atoms with E-state index >= 15 is 0 Å². The Morgan fingerprint density at radius 1 is 1.46 bits per heavy atom. The number of hydrogen-bond donors (Lipinski definition) is 2. The minimum absolute atomic E-state index is 0.0245. The summed E-state index contributed by atoms with van der Waals surface area (Å²) in [6, 6.07) is 7.44. The molecule has 1 aromatic carbocycles. The number of nitrogens with one attached hydrogen (secondary N) is 1. The van der Waals surface area contributed by atoms with Crippen molar-refractivity contribution < 1.29 is 4.79 Å². The molecule has 0 atom stereocenters. The topological polar surface area (TPSA) is 29.1 Å². The van der Waals surface area contributed by atoms with Crippen LogP contribution in [0.1, 0.15) is 6.42 Å². The van der Waals surface area contributed by atoms with Gasteiger partial charge in [0.15, 0.2) is 0 Å². The molecular formula is C9H10AlNOS. The second-order valence-corrected chi connectivity index (χ2v) is 3.66. The van der Waals surface area contributed by atoms with Gasteiger partial charge in [-0.3, -0.25) is 4.79 Å². The van der Waals surface area contributed by atoms with Gasteiger partial charge in [-0.05, 0) is 12.1 Å². The van der Waals surface area contributed by atoms with Gasteiger partial charge >= 0.3 is 0 Å². The SMILES string of the molecule is O=C(C[CH2][Al])Nc1ccccc1S. The van der Waals surface area contributed by atoms with Crippen LogP contribution in [-0.4, -0.2) is 22.2 Å². The number of benzene rings is 1. The summed E-state index contributed by atoms with van der Waals surface area (Å²) < 4.78 is 0. The summed E-state index contributed by atoms with van der Waals surface area (Å²) in [6.07, 6.45) is 0.521. The number of amides is 1. The van der Waals surface area contributed by atoms with Crippen molar-refractivity contribution in [1.82, 2.24) is 0 Å². The highest BCUT2D eigenvalue weighted by molar-refractivity contribution is 7.80. The summed E-state index contributed by atoms with van der Waals surface area (Å²) in [5.41, 5.74) is 0.772. The van der Waals surface area contributed by atoms with Crippen LogP contribution >= 0.6 is 12.6 Å². The molecule has 0 aromatic heterocycles. The number of carbonyl (C=O) groups excluding carboxylic acids is 1. The lowest BCUT2D eigenvalue weighted by Gasteiger charge is -2.06. The van der Waals surface area contributed by atoms with E-state index in [4.69, 9.17) is 0 Å². The molecule has 0 saturated heterocycles. The largest absolute Gasteiger partial charge is 0.325 e. The molecule has 0 aliphatic heterocycles. The highest BCUT2D eigenvalue weighted by Gasteiger charge is 2.01. The first-order valence-electron chi connectivity index (χ1n) is 4.02. The molecule has 66 valence electrons. The van der Waals surface area contributed by atoms with Crippen LogP contribution < -0.4 is 5.32 Å². The van der Waals surface area contributed by atoms with Crippen LogP contribution in [-0.2, 0) is 4.79 Å². The molecule has 0 bridgehead atoms. The van der Waals surface area contributed by atoms with Crippen molar-refractivity contribution in [1.29, 1.82) is 0 Å². The highest BCUT2D eigenvalue weighted by atomic mass is 32.1. The third kappa shape index (κ3) is 3.43. The molecule has 0 unspecified atom stereocenters. The Kier molecular flexibility index (Phi) is 4.37. The molecule has 0 heterocycles. The number of rotatable bonds is 3. The Hall–Kier alpha value is -0.428. The molecule has 1 rings (SSSR count). The average Bonchev–Trinajstić information content (AvgIpc) is 2.09. The van der Waals surface area contributed by atoms with Crippen LogP contribution in [0, 0.1) is 0 Å². The molecule has 2 nitrogen and oxygen atoms in total. The first-order chi connectivity index (χ1) is 6.24. The Morgan fingerprint density at radius 3 is 2.77 bits per heavy atom. The maximum Gasteiger partial charge on any atom is 0.223 e. The predicted molar refractivity (Wildman–Crippen MR) is 57.5 cm³/mol. The van der Waals surface area contributed by atoms with E-state index in [1.54, 1.807) is 0 Å². The molecule has 2 radical (unpaired) electrons. The maximum absolute atomic E-state index is 11.2. The van der Waals surface area contributed by atoms with Gasteiger partial charge in [-0.1, -0.05) is 12.1 Å². The first-order valence-corrected chi connectivity index (χ1v) is 5.28. The van der Waals surface area contributed by atoms with Gasteiger partial charge in [0.1, 0.15) is 16.3 Å². The fraction of sp³-hybridized carbons (Fsp3) is 0.222. The Morgan fingerprint density at radius 2 is 2.15 bits per heavy atom. The van der Waals surface area contributed by atoms with Gasteiger partial charge in [-0.15, -0.1) is 17.9 Å². The minimum Gasteiger partial charge on any atom is -0.325 e. The van der Waals surface area contributed by atoms with Crippen molar-refractivity contribution in [3.8, 4) is 0 Å². The summed E-state index contributed by atoms with van der Waals surface area (Å²) in [4.78, 5) is 12.0. The average molecular weight is 207 g/mol. The second-order valence-electron chi connectivity index (χ2n) is 2.60. The molecular weight excluding hydrogens is 197 g/mol. The standard InChI is InChI=1S/C9H10NOS.Al/c1-2-9(11)10-7-5-3-4-6-8(7)12;/h3-6,12H,1-2H2,(H,10,11);. The van der Waals surface area contributed by atoms with Gasteiger partial charge in [0.25, 0.3) is 0 Å². The summed E-state index contributed by atoms with van der Waals surface area (Å²) in [7, 11) is 0. The third-order valence-electron chi connectivity index (χ3n) is 1.55. The molecule has 0 saturated carbocycles. The van der Waals surface area contributed by atoms with Crippen molar-refractivity contribution >= 4 is 40.5 Å². The van der Waals surface area contributed by atoms with Crippen LogP contribution in [0.5, 0.6) is 0 Å². The van der Waals surface area contributed by atoms with E-state index < -0.39 is 0 Å². The number of thiol groups is 1. The zero-order valence-electron chi connectivity index (χ0n) is 7.16. The lowest BCUT2D eigenvalue weighted by molar-refractivity contribution is -0.115. The van der Waals surface area contributed by atoms with Gasteiger partial charge < -0.3 is 5.32 Å². The van der Waals surface area contributed by atoms with Crippen LogP contribution in [0.15, 0.2) is 29.2 Å². The number of anilines is 1. The fourth-order valence-electron chi connectivity index (χ4n) is 0.923.